The molecule has 1 fully saturated rings. The summed E-state index contributed by atoms with van der Waals surface area (Å²) in [6, 6.07) is 3.30. The summed E-state index contributed by atoms with van der Waals surface area (Å²) < 4.78 is 32.8. The minimum Gasteiger partial charge on any atom is -0.503 e. The number of pyridine rings is 1. The van der Waals surface area contributed by atoms with Gasteiger partial charge in [0.25, 0.3) is 5.91 Å². The molecule has 0 radical (unpaired) electrons. The van der Waals surface area contributed by atoms with Gasteiger partial charge in [-0.15, -0.1) is 10.2 Å². The molecule has 0 atom stereocenters. The zero-order valence-electron chi connectivity index (χ0n) is 18.8. The number of halogens is 2. The fourth-order valence-electron chi connectivity index (χ4n) is 3.73. The van der Waals surface area contributed by atoms with E-state index in [0.717, 1.165) is 36.3 Å². The first-order valence-corrected chi connectivity index (χ1v) is 11.6. The Bertz CT molecular complexity index is 1270. The Morgan fingerprint density at radius 2 is 1.91 bits per heavy atom. The van der Waals surface area contributed by atoms with Crippen LogP contribution in [0.3, 0.4) is 0 Å². The van der Waals surface area contributed by atoms with Gasteiger partial charge in [-0.2, -0.15) is 0 Å². The number of aromatic hydroxyl groups is 1. The van der Waals surface area contributed by atoms with Gasteiger partial charge in [0.1, 0.15) is 16.6 Å². The summed E-state index contributed by atoms with van der Waals surface area (Å²) in [5.74, 6) is -1.78. The Morgan fingerprint density at radius 1 is 1.18 bits per heavy atom. The summed E-state index contributed by atoms with van der Waals surface area (Å²) in [6.07, 6.45) is 3.81. The van der Waals surface area contributed by atoms with Gasteiger partial charge < -0.3 is 19.3 Å². The highest BCUT2D eigenvalue weighted by Crippen LogP contribution is 2.32. The van der Waals surface area contributed by atoms with Crippen molar-refractivity contribution in [1.29, 1.82) is 0 Å². The summed E-state index contributed by atoms with van der Waals surface area (Å²) in [6.45, 7) is 1.62. The molecule has 1 aliphatic heterocycles. The number of hydrogen-bond acceptors (Lipinski definition) is 7. The molecule has 1 N–H and O–H groups in total. The Balaban J connectivity index is 0.000000868. The number of methoxy groups -OCH3 is 1. The van der Waals surface area contributed by atoms with Gasteiger partial charge in [-0.25, -0.2) is 8.78 Å². The smallest absolute Gasteiger partial charge is 0.274 e. The standard InChI is InChI=1S/C21H18F2N4O3S.C2H6O/c22-13-4-3-12(15(23)8-13)7-16-24-25-20(31-16)14-10-26-5-6-27(9-11-1-2-11)21(30)17(26)19(29)18(14)28;1-3-2/h3-4,8,10-11,29H,1-2,5-7,9H2;1-2H3. The average molecular weight is 491 g/mol. The SMILES string of the molecule is COC.O=C1c2c(O)c(=O)c(-c3nnc(Cc4ccc(F)cc4F)s3)cn2CCN1CC1CC1. The number of rotatable bonds is 5. The van der Waals surface area contributed by atoms with Crippen LogP contribution in [-0.4, -0.2) is 58.0 Å². The van der Waals surface area contributed by atoms with Gasteiger partial charge in [0.05, 0.1) is 5.56 Å². The van der Waals surface area contributed by atoms with Gasteiger partial charge in [-0.3, -0.25) is 9.59 Å². The number of aromatic nitrogens is 3. The van der Waals surface area contributed by atoms with Gasteiger partial charge in [0.2, 0.25) is 5.43 Å². The molecular weight excluding hydrogens is 466 g/mol. The third-order valence-electron chi connectivity index (χ3n) is 5.59. The van der Waals surface area contributed by atoms with Gasteiger partial charge in [-0.05, 0) is 30.4 Å². The van der Waals surface area contributed by atoms with Crippen LogP contribution in [0.5, 0.6) is 5.75 Å². The predicted molar refractivity (Wildman–Crippen MR) is 122 cm³/mol. The Hall–Kier alpha value is -3.18. The zero-order valence-corrected chi connectivity index (χ0v) is 19.6. The topological polar surface area (TPSA) is 97.5 Å². The zero-order chi connectivity index (χ0) is 24.4. The second-order valence-electron chi connectivity index (χ2n) is 8.28. The van der Waals surface area contributed by atoms with E-state index in [9.17, 15) is 23.5 Å². The maximum Gasteiger partial charge on any atom is 0.274 e. The third-order valence-corrected chi connectivity index (χ3v) is 6.54. The first kappa shape index (κ1) is 24.0. The lowest BCUT2D eigenvalue weighted by molar-refractivity contribution is 0.0688. The second-order valence-corrected chi connectivity index (χ2v) is 9.34. The molecule has 8 nitrogen and oxygen atoms in total. The maximum absolute atomic E-state index is 13.9. The van der Waals surface area contributed by atoms with Crippen LogP contribution in [0.2, 0.25) is 0 Å². The molecule has 1 amide bonds. The summed E-state index contributed by atoms with van der Waals surface area (Å²) in [5, 5.41) is 19.2. The number of ether oxygens (including phenoxy) is 1. The number of hydrogen-bond donors (Lipinski definition) is 1. The first-order valence-electron chi connectivity index (χ1n) is 10.7. The van der Waals surface area contributed by atoms with Crippen molar-refractivity contribution in [2.24, 2.45) is 5.92 Å². The molecule has 2 aromatic heterocycles. The third kappa shape index (κ3) is 5.00. The van der Waals surface area contributed by atoms with Gasteiger partial charge >= 0.3 is 0 Å². The molecule has 0 spiro atoms. The van der Waals surface area contributed by atoms with E-state index in [4.69, 9.17) is 0 Å². The van der Waals surface area contributed by atoms with Crippen LogP contribution in [0.1, 0.15) is 33.9 Å². The number of fused-ring (bicyclic) bond motifs is 1. The van der Waals surface area contributed by atoms with Crippen molar-refractivity contribution in [2.75, 3.05) is 27.3 Å². The van der Waals surface area contributed by atoms with E-state index in [1.54, 1.807) is 23.7 Å². The molecule has 11 heteroatoms. The van der Waals surface area contributed by atoms with E-state index < -0.39 is 22.8 Å². The largest absolute Gasteiger partial charge is 0.503 e. The van der Waals surface area contributed by atoms with Crippen LogP contribution < -0.4 is 5.43 Å². The predicted octanol–water partition coefficient (Wildman–Crippen LogP) is 3.07. The number of benzene rings is 1. The molecule has 34 heavy (non-hydrogen) atoms. The Kier molecular flexibility index (Phi) is 7.03. The van der Waals surface area contributed by atoms with Crippen LogP contribution in [-0.2, 0) is 17.7 Å². The molecule has 3 aromatic rings. The first-order chi connectivity index (χ1) is 16.3. The van der Waals surface area contributed by atoms with Crippen LogP contribution in [0.4, 0.5) is 8.78 Å². The van der Waals surface area contributed by atoms with Crippen molar-refractivity contribution in [3.63, 3.8) is 0 Å². The minimum absolute atomic E-state index is 0.00114. The van der Waals surface area contributed by atoms with Crippen molar-refractivity contribution in [3.05, 3.63) is 62.5 Å². The molecule has 0 saturated heterocycles. The number of amides is 1. The summed E-state index contributed by atoms with van der Waals surface area (Å²) in [5.41, 5.74) is -0.300. The summed E-state index contributed by atoms with van der Waals surface area (Å²) >= 11 is 1.08. The molecule has 1 aromatic carbocycles. The summed E-state index contributed by atoms with van der Waals surface area (Å²) in [7, 11) is 3.25. The van der Waals surface area contributed by atoms with Crippen LogP contribution in [0, 0.1) is 17.6 Å². The van der Waals surface area contributed by atoms with E-state index in [1.807, 2.05) is 0 Å². The normalized spacial score (nSPS) is 15.1. The van der Waals surface area contributed by atoms with E-state index in [2.05, 4.69) is 14.9 Å². The number of carbonyl (C=O) groups is 1. The molecular formula is C23H24F2N4O4S. The van der Waals surface area contributed by atoms with Gasteiger partial charge in [0.15, 0.2) is 16.5 Å². The van der Waals surface area contributed by atoms with E-state index in [1.165, 1.54) is 12.3 Å². The second kappa shape index (κ2) is 9.98. The Morgan fingerprint density at radius 3 is 2.59 bits per heavy atom. The van der Waals surface area contributed by atoms with E-state index in [-0.39, 0.29) is 34.2 Å². The van der Waals surface area contributed by atoms with Gasteiger partial charge in [-0.1, -0.05) is 17.4 Å². The fraction of sp³-hybridized carbons (Fsp3) is 0.391. The van der Waals surface area contributed by atoms with Crippen LogP contribution in [0.25, 0.3) is 10.6 Å². The quantitative estimate of drug-likeness (QED) is 0.591. The highest BCUT2D eigenvalue weighted by atomic mass is 32.1. The van der Waals surface area contributed by atoms with Crippen LogP contribution in [0.15, 0.2) is 29.2 Å². The summed E-state index contributed by atoms with van der Waals surface area (Å²) in [4.78, 5) is 27.3. The van der Waals surface area contributed by atoms with E-state index in [0.29, 0.717) is 30.6 Å². The molecule has 3 heterocycles. The number of nitrogens with zero attached hydrogens (tertiary/aromatic N) is 4. The molecule has 0 unspecified atom stereocenters. The maximum atomic E-state index is 13.9. The lowest BCUT2D eigenvalue weighted by Gasteiger charge is -2.30. The van der Waals surface area contributed by atoms with Crippen molar-refractivity contribution in [2.45, 2.75) is 25.8 Å². The molecule has 2 aliphatic rings. The highest BCUT2D eigenvalue weighted by Gasteiger charge is 2.33. The molecule has 1 aliphatic carbocycles. The van der Waals surface area contributed by atoms with Gasteiger partial charge in [0, 0.05) is 52.5 Å². The molecule has 5 rings (SSSR count). The van der Waals surface area contributed by atoms with E-state index >= 15 is 0 Å². The van der Waals surface area contributed by atoms with Crippen molar-refractivity contribution in [1.82, 2.24) is 19.7 Å². The minimum atomic E-state index is -0.691. The average Bonchev–Trinajstić information content (AvgIpc) is 3.50. The fourth-order valence-corrected chi connectivity index (χ4v) is 4.60. The Labute approximate surface area is 198 Å². The number of carbonyl (C=O) groups excluding carboxylic acids is 1. The molecule has 0 bridgehead atoms. The lowest BCUT2D eigenvalue weighted by atomic mass is 10.1. The van der Waals surface area contributed by atoms with Crippen molar-refractivity contribution >= 4 is 17.2 Å². The monoisotopic (exact) mass is 490 g/mol. The van der Waals surface area contributed by atoms with Crippen molar-refractivity contribution in [3.8, 4) is 16.3 Å². The lowest BCUT2D eigenvalue weighted by Crippen LogP contribution is -2.42. The highest BCUT2D eigenvalue weighted by molar-refractivity contribution is 7.14. The molecule has 180 valence electrons. The van der Waals surface area contributed by atoms with Crippen molar-refractivity contribution < 1.29 is 23.4 Å². The van der Waals surface area contributed by atoms with Crippen LogP contribution >= 0.6 is 11.3 Å². The molecule has 1 saturated carbocycles.